The predicted molar refractivity (Wildman–Crippen MR) is 128 cm³/mol. The molecule has 1 aliphatic carbocycles. The molecule has 3 heterocycles. The summed E-state index contributed by atoms with van der Waals surface area (Å²) in [6.07, 6.45) is 0.945. The number of aromatic nitrogens is 4. The van der Waals surface area contributed by atoms with E-state index in [9.17, 15) is 13.2 Å². The molecule has 0 bridgehead atoms. The summed E-state index contributed by atoms with van der Waals surface area (Å²) in [4.78, 5) is 24.0. The number of ether oxygens (including phenoxy) is 2. The summed E-state index contributed by atoms with van der Waals surface area (Å²) < 4.78 is 35.2. The van der Waals surface area contributed by atoms with Gasteiger partial charge >= 0.3 is 6.09 Å². The van der Waals surface area contributed by atoms with Gasteiger partial charge < -0.3 is 19.7 Å². The Morgan fingerprint density at radius 3 is 2.65 bits per heavy atom. The highest BCUT2D eigenvalue weighted by Crippen LogP contribution is 2.48. The van der Waals surface area contributed by atoms with Gasteiger partial charge in [-0.2, -0.15) is 9.67 Å². The number of carbonyl (C=O) groups is 1. The van der Waals surface area contributed by atoms with E-state index in [1.807, 2.05) is 6.07 Å². The fourth-order valence-corrected chi connectivity index (χ4v) is 4.98. The summed E-state index contributed by atoms with van der Waals surface area (Å²) in [5.74, 6) is 1.45. The van der Waals surface area contributed by atoms with Gasteiger partial charge in [0.25, 0.3) is 0 Å². The molecule has 0 unspecified atom stereocenters. The zero-order valence-electron chi connectivity index (χ0n) is 20.2. The first-order valence-corrected chi connectivity index (χ1v) is 12.7. The monoisotopic (exact) mass is 492 g/mol. The Bertz CT molecular complexity index is 1140. The lowest BCUT2D eigenvalue weighted by Crippen LogP contribution is -2.44. The van der Waals surface area contributed by atoms with E-state index in [4.69, 9.17) is 14.5 Å². The highest BCUT2D eigenvalue weighted by atomic mass is 32.2. The Balaban J connectivity index is 1.66. The largest absolute Gasteiger partial charge is 0.442 e. The number of hydrogen-bond acceptors (Lipinski definition) is 10. The van der Waals surface area contributed by atoms with E-state index in [1.165, 1.54) is 4.68 Å². The van der Waals surface area contributed by atoms with Crippen molar-refractivity contribution >= 4 is 34.4 Å². The minimum Gasteiger partial charge on any atom is -0.442 e. The van der Waals surface area contributed by atoms with Crippen LogP contribution in [0.1, 0.15) is 51.9 Å². The molecule has 2 aromatic heterocycles. The zero-order chi connectivity index (χ0) is 24.7. The molecular formula is C22H32N6O5S. The second-order valence-corrected chi connectivity index (χ2v) is 11.0. The van der Waals surface area contributed by atoms with Crippen LogP contribution in [-0.2, 0) is 25.6 Å². The van der Waals surface area contributed by atoms with Crippen molar-refractivity contribution in [1.29, 1.82) is 0 Å². The van der Waals surface area contributed by atoms with Gasteiger partial charge in [-0.3, -0.25) is 0 Å². The standard InChI is InChI=1S/C22H32N6O5S/c1-14-10-17(26-28(14)20(29)33-21(3,4)5)24-19-23-16(22(6-7-22)13-34(30)31)11-18(25-19)27-8-9-32-12-15(27)2/h10-11,15,34H,6-9,12-13H2,1-5H3,(H,23,24,25,26)/t15-/m1/s1. The fourth-order valence-electron chi connectivity index (χ4n) is 4.01. The second-order valence-electron chi connectivity index (χ2n) is 10.0. The van der Waals surface area contributed by atoms with E-state index in [-0.39, 0.29) is 11.8 Å². The van der Waals surface area contributed by atoms with Crippen LogP contribution in [-0.4, -0.2) is 71.4 Å². The predicted octanol–water partition coefficient (Wildman–Crippen LogP) is 2.38. The van der Waals surface area contributed by atoms with Crippen molar-refractivity contribution in [3.8, 4) is 0 Å². The van der Waals surface area contributed by atoms with Crippen molar-refractivity contribution in [2.75, 3.05) is 35.7 Å². The van der Waals surface area contributed by atoms with Gasteiger partial charge in [-0.05, 0) is 47.5 Å². The third kappa shape index (κ3) is 5.49. The number of anilines is 3. The minimum absolute atomic E-state index is 0.0588. The van der Waals surface area contributed by atoms with Gasteiger partial charge in [-0.25, -0.2) is 18.2 Å². The average Bonchev–Trinajstić information content (AvgIpc) is 3.41. The number of rotatable bonds is 6. The molecule has 1 saturated carbocycles. The number of thiol groups is 1. The molecule has 0 spiro atoms. The lowest BCUT2D eigenvalue weighted by atomic mass is 10.0. The van der Waals surface area contributed by atoms with Gasteiger partial charge in [0.2, 0.25) is 5.95 Å². The van der Waals surface area contributed by atoms with Crippen molar-refractivity contribution in [2.24, 2.45) is 0 Å². The van der Waals surface area contributed by atoms with Gasteiger partial charge in [0.15, 0.2) is 5.82 Å². The highest BCUT2D eigenvalue weighted by Gasteiger charge is 2.47. The van der Waals surface area contributed by atoms with Gasteiger partial charge in [-0.15, -0.1) is 5.10 Å². The third-order valence-electron chi connectivity index (χ3n) is 5.90. The number of hydrogen-bond donors (Lipinski definition) is 2. The van der Waals surface area contributed by atoms with Crippen molar-refractivity contribution < 1.29 is 22.7 Å². The third-order valence-corrected chi connectivity index (χ3v) is 6.76. The van der Waals surface area contributed by atoms with Crippen LogP contribution >= 0.6 is 0 Å². The molecule has 34 heavy (non-hydrogen) atoms. The van der Waals surface area contributed by atoms with Crippen LogP contribution in [0.25, 0.3) is 0 Å². The van der Waals surface area contributed by atoms with E-state index >= 15 is 0 Å². The molecule has 1 saturated heterocycles. The summed E-state index contributed by atoms with van der Waals surface area (Å²) in [6.45, 7) is 11.0. The average molecular weight is 493 g/mol. The van der Waals surface area contributed by atoms with E-state index < -0.39 is 27.8 Å². The SMILES string of the molecule is Cc1cc(Nc2nc(N3CCOC[C@H]3C)cc(C3(C[SH](=O)=O)CC3)n2)nn1C(=O)OC(C)(C)C. The van der Waals surface area contributed by atoms with Crippen LogP contribution in [0.2, 0.25) is 0 Å². The Kier molecular flexibility index (Phi) is 6.56. The van der Waals surface area contributed by atoms with Crippen LogP contribution in [0.15, 0.2) is 12.1 Å². The van der Waals surface area contributed by atoms with Crippen molar-refractivity contribution in [3.05, 3.63) is 23.5 Å². The summed E-state index contributed by atoms with van der Waals surface area (Å²) >= 11 is 0. The normalized spacial score (nSPS) is 19.8. The number of aryl methyl sites for hydroxylation is 1. The van der Waals surface area contributed by atoms with E-state index in [0.717, 1.165) is 12.8 Å². The van der Waals surface area contributed by atoms with Gasteiger partial charge in [0.05, 0.1) is 30.7 Å². The van der Waals surface area contributed by atoms with Crippen LogP contribution in [0.3, 0.4) is 0 Å². The quantitative estimate of drug-likeness (QED) is 0.580. The molecule has 1 atom stereocenters. The minimum atomic E-state index is -2.54. The Hall–Kier alpha value is -2.73. The molecule has 0 aromatic carbocycles. The molecule has 4 rings (SSSR count). The van der Waals surface area contributed by atoms with Crippen molar-refractivity contribution in [3.63, 3.8) is 0 Å². The maximum atomic E-state index is 12.5. The Morgan fingerprint density at radius 1 is 1.29 bits per heavy atom. The van der Waals surface area contributed by atoms with Gasteiger partial charge in [0.1, 0.15) is 22.1 Å². The van der Waals surface area contributed by atoms with Crippen LogP contribution in [0.4, 0.5) is 22.4 Å². The Morgan fingerprint density at radius 2 is 2.03 bits per heavy atom. The summed E-state index contributed by atoms with van der Waals surface area (Å²) in [5, 5.41) is 7.42. The molecular weight excluding hydrogens is 460 g/mol. The lowest BCUT2D eigenvalue weighted by molar-refractivity contribution is 0.0511. The number of carbonyl (C=O) groups excluding carboxylic acids is 1. The fraction of sp³-hybridized carbons (Fsp3) is 0.636. The summed E-state index contributed by atoms with van der Waals surface area (Å²) in [5.41, 5.74) is 0.161. The molecule has 0 amide bonds. The second kappa shape index (κ2) is 9.14. The molecule has 2 aliphatic rings. The zero-order valence-corrected chi connectivity index (χ0v) is 21.1. The molecule has 1 aliphatic heterocycles. The van der Waals surface area contributed by atoms with E-state index in [0.29, 0.717) is 48.7 Å². The summed E-state index contributed by atoms with van der Waals surface area (Å²) in [7, 11) is -2.54. The highest BCUT2D eigenvalue weighted by molar-refractivity contribution is 7.72. The van der Waals surface area contributed by atoms with E-state index in [2.05, 4.69) is 27.2 Å². The molecule has 2 aromatic rings. The first-order valence-electron chi connectivity index (χ1n) is 11.4. The van der Waals surface area contributed by atoms with Crippen molar-refractivity contribution in [2.45, 2.75) is 64.5 Å². The first kappa shape index (κ1) is 24.4. The van der Waals surface area contributed by atoms with Crippen LogP contribution in [0.5, 0.6) is 0 Å². The first-order chi connectivity index (χ1) is 16.0. The maximum absolute atomic E-state index is 12.5. The van der Waals surface area contributed by atoms with Crippen molar-refractivity contribution in [1.82, 2.24) is 19.7 Å². The molecule has 1 N–H and O–H groups in total. The van der Waals surface area contributed by atoms with Gasteiger partial charge in [-0.1, -0.05) is 0 Å². The number of nitrogens with zero attached hydrogens (tertiary/aromatic N) is 5. The molecule has 12 heteroatoms. The number of morpholine rings is 1. The van der Waals surface area contributed by atoms with Crippen LogP contribution < -0.4 is 10.2 Å². The maximum Gasteiger partial charge on any atom is 0.435 e. The molecule has 186 valence electrons. The molecule has 11 nitrogen and oxygen atoms in total. The summed E-state index contributed by atoms with van der Waals surface area (Å²) in [6, 6.07) is 3.71. The van der Waals surface area contributed by atoms with Gasteiger partial charge in [0, 0.05) is 29.8 Å². The molecule has 0 radical (unpaired) electrons. The lowest BCUT2D eigenvalue weighted by Gasteiger charge is -2.34. The van der Waals surface area contributed by atoms with Crippen LogP contribution in [0, 0.1) is 6.92 Å². The Labute approximate surface area is 200 Å². The molecule has 2 fully saturated rings. The topological polar surface area (TPSA) is 129 Å². The number of nitrogens with one attached hydrogen (secondary N) is 1. The van der Waals surface area contributed by atoms with E-state index in [1.54, 1.807) is 33.8 Å². The smallest absolute Gasteiger partial charge is 0.435 e.